The summed E-state index contributed by atoms with van der Waals surface area (Å²) in [5, 5.41) is 11.7. The van der Waals surface area contributed by atoms with Crippen molar-refractivity contribution in [3.63, 3.8) is 0 Å². The van der Waals surface area contributed by atoms with Crippen molar-refractivity contribution in [3.05, 3.63) is 41.5 Å². The van der Waals surface area contributed by atoms with Crippen molar-refractivity contribution in [3.8, 4) is 0 Å². The normalized spacial score (nSPS) is 9.94. The molecule has 0 aromatic heterocycles. The van der Waals surface area contributed by atoms with Gasteiger partial charge in [-0.3, -0.25) is 0 Å². The van der Waals surface area contributed by atoms with E-state index in [2.05, 4.69) is 5.32 Å². The van der Waals surface area contributed by atoms with Gasteiger partial charge in [0.25, 0.3) is 0 Å². The number of benzene rings is 1. The molecule has 92 valence electrons. The number of hydrogen-bond donors (Lipinski definition) is 2. The maximum absolute atomic E-state index is 10.8. The van der Waals surface area contributed by atoms with Crippen molar-refractivity contribution in [1.82, 2.24) is 5.32 Å². The number of allylic oxidation sites excluding steroid dienone is 1. The number of nitrogens with one attached hydrogen (secondary N) is 1. The second kappa shape index (κ2) is 8.71. The third-order valence-corrected chi connectivity index (χ3v) is 2.53. The summed E-state index contributed by atoms with van der Waals surface area (Å²) in [5.74, 6) is 2.03. The molecule has 0 saturated carbocycles. The van der Waals surface area contributed by atoms with Gasteiger partial charge in [0, 0.05) is 18.5 Å². The maximum atomic E-state index is 10.8. The predicted molar refractivity (Wildman–Crippen MR) is 68.5 cm³/mol. The predicted octanol–water partition coefficient (Wildman–Crippen LogP) is 1.35. The van der Waals surface area contributed by atoms with Gasteiger partial charge < -0.3 is 10.4 Å². The molecule has 0 heterocycles. The van der Waals surface area contributed by atoms with E-state index in [0.29, 0.717) is 13.0 Å². The summed E-state index contributed by atoms with van der Waals surface area (Å²) in [4.78, 5) is 10.8. The van der Waals surface area contributed by atoms with Gasteiger partial charge in [0.05, 0.1) is 6.61 Å². The van der Waals surface area contributed by atoms with E-state index >= 15 is 0 Å². The zero-order valence-corrected chi connectivity index (χ0v) is 9.98. The lowest BCUT2D eigenvalue weighted by atomic mass is 10.0. The Bertz CT molecular complexity index is 356. The van der Waals surface area contributed by atoms with E-state index < -0.39 is 0 Å². The van der Waals surface area contributed by atoms with E-state index in [-0.39, 0.29) is 6.61 Å². The largest absolute Gasteiger partial charge is 0.395 e. The first-order valence-electron chi connectivity index (χ1n) is 5.95. The minimum absolute atomic E-state index is 0.153. The number of aliphatic hydroxyl groups is 1. The van der Waals surface area contributed by atoms with Crippen molar-refractivity contribution in [2.45, 2.75) is 19.3 Å². The molecule has 0 spiro atoms. The average molecular weight is 233 g/mol. The van der Waals surface area contributed by atoms with Crippen LogP contribution in [-0.2, 0) is 11.2 Å². The standard InChI is InChI=1S/C14H19NO2/c16-10-9-15-8-4-7-14(12-17)11-13-5-2-1-3-6-13/h1-3,5-6,15-16H,4,7-11H2. The van der Waals surface area contributed by atoms with Crippen molar-refractivity contribution >= 4 is 5.94 Å². The number of aliphatic hydroxyl groups excluding tert-OH is 1. The van der Waals surface area contributed by atoms with Crippen LogP contribution in [0.25, 0.3) is 0 Å². The number of hydrogen-bond acceptors (Lipinski definition) is 3. The topological polar surface area (TPSA) is 49.3 Å². The van der Waals surface area contributed by atoms with Gasteiger partial charge in [0.1, 0.15) is 5.94 Å². The Labute approximate surface area is 102 Å². The van der Waals surface area contributed by atoms with Gasteiger partial charge in [-0.25, -0.2) is 4.79 Å². The lowest BCUT2D eigenvalue weighted by Crippen LogP contribution is -2.19. The van der Waals surface area contributed by atoms with Crippen molar-refractivity contribution in [1.29, 1.82) is 0 Å². The maximum Gasteiger partial charge on any atom is 0.123 e. The Kier molecular flexibility index (Phi) is 6.99. The molecule has 0 amide bonds. The highest BCUT2D eigenvalue weighted by atomic mass is 16.3. The van der Waals surface area contributed by atoms with E-state index in [4.69, 9.17) is 5.11 Å². The van der Waals surface area contributed by atoms with Gasteiger partial charge >= 0.3 is 0 Å². The number of rotatable bonds is 8. The smallest absolute Gasteiger partial charge is 0.123 e. The molecule has 0 fully saturated rings. The van der Waals surface area contributed by atoms with E-state index in [9.17, 15) is 4.79 Å². The van der Waals surface area contributed by atoms with E-state index in [1.165, 1.54) is 0 Å². The highest BCUT2D eigenvalue weighted by molar-refractivity contribution is 5.53. The van der Waals surface area contributed by atoms with Crippen LogP contribution < -0.4 is 5.32 Å². The van der Waals surface area contributed by atoms with Crippen LogP contribution in [0.4, 0.5) is 0 Å². The molecule has 0 saturated heterocycles. The molecule has 0 radical (unpaired) electrons. The SMILES string of the molecule is O=C=C(CCCNCCO)Cc1ccccc1. The molecule has 0 unspecified atom stereocenters. The second-order valence-corrected chi connectivity index (χ2v) is 3.95. The van der Waals surface area contributed by atoms with Gasteiger partial charge in [-0.15, -0.1) is 0 Å². The fourth-order valence-corrected chi connectivity index (χ4v) is 1.65. The van der Waals surface area contributed by atoms with Gasteiger partial charge in [-0.05, 0) is 24.9 Å². The summed E-state index contributed by atoms with van der Waals surface area (Å²) < 4.78 is 0. The van der Waals surface area contributed by atoms with Gasteiger partial charge in [0.2, 0.25) is 0 Å². The van der Waals surface area contributed by atoms with Gasteiger partial charge in [0.15, 0.2) is 0 Å². The quantitative estimate of drug-likeness (QED) is 0.526. The summed E-state index contributed by atoms with van der Waals surface area (Å²) in [7, 11) is 0. The van der Waals surface area contributed by atoms with Crippen LogP contribution in [0, 0.1) is 0 Å². The Morgan fingerprint density at radius 2 is 2.00 bits per heavy atom. The van der Waals surface area contributed by atoms with Crippen molar-refractivity contribution < 1.29 is 9.90 Å². The summed E-state index contributed by atoms with van der Waals surface area (Å²) >= 11 is 0. The molecule has 0 bridgehead atoms. The Morgan fingerprint density at radius 1 is 1.24 bits per heavy atom. The summed E-state index contributed by atoms with van der Waals surface area (Å²) in [6.45, 7) is 1.58. The second-order valence-electron chi connectivity index (χ2n) is 3.95. The molecule has 0 aliphatic heterocycles. The molecule has 2 N–H and O–H groups in total. The lowest BCUT2D eigenvalue weighted by molar-refractivity contribution is 0.292. The van der Waals surface area contributed by atoms with Crippen LogP contribution in [0.2, 0.25) is 0 Å². The Morgan fingerprint density at radius 3 is 2.65 bits per heavy atom. The summed E-state index contributed by atoms with van der Waals surface area (Å²) in [6.07, 6.45) is 2.35. The molecule has 1 rings (SSSR count). The third-order valence-electron chi connectivity index (χ3n) is 2.53. The average Bonchev–Trinajstić information content (AvgIpc) is 2.38. The van der Waals surface area contributed by atoms with Crippen LogP contribution in [0.3, 0.4) is 0 Å². The van der Waals surface area contributed by atoms with Crippen LogP contribution in [0.1, 0.15) is 18.4 Å². The monoisotopic (exact) mass is 233 g/mol. The Balaban J connectivity index is 2.28. The third kappa shape index (κ3) is 6.03. The van der Waals surface area contributed by atoms with E-state index in [1.807, 2.05) is 36.3 Å². The molecule has 0 aliphatic rings. The molecule has 3 nitrogen and oxygen atoms in total. The van der Waals surface area contributed by atoms with Crippen LogP contribution in [-0.4, -0.2) is 30.7 Å². The first-order chi connectivity index (χ1) is 8.36. The van der Waals surface area contributed by atoms with E-state index in [0.717, 1.165) is 30.5 Å². The molecular weight excluding hydrogens is 214 g/mol. The minimum Gasteiger partial charge on any atom is -0.395 e. The summed E-state index contributed by atoms with van der Waals surface area (Å²) in [5.41, 5.74) is 1.95. The fourth-order valence-electron chi connectivity index (χ4n) is 1.65. The Hall–Kier alpha value is -1.41. The summed E-state index contributed by atoms with van der Waals surface area (Å²) in [6, 6.07) is 9.94. The molecule has 0 atom stereocenters. The minimum atomic E-state index is 0.153. The van der Waals surface area contributed by atoms with Crippen LogP contribution >= 0.6 is 0 Å². The van der Waals surface area contributed by atoms with Crippen molar-refractivity contribution in [2.24, 2.45) is 0 Å². The van der Waals surface area contributed by atoms with Crippen LogP contribution in [0.15, 0.2) is 35.9 Å². The first-order valence-corrected chi connectivity index (χ1v) is 5.95. The van der Waals surface area contributed by atoms with E-state index in [1.54, 1.807) is 0 Å². The fraction of sp³-hybridized carbons (Fsp3) is 0.429. The molecule has 1 aromatic carbocycles. The number of carbonyl (C=O) groups excluding carboxylic acids is 1. The zero-order chi connectivity index (χ0) is 12.3. The highest BCUT2D eigenvalue weighted by Crippen LogP contribution is 2.10. The molecule has 1 aromatic rings. The van der Waals surface area contributed by atoms with Gasteiger partial charge in [-0.2, -0.15) is 0 Å². The molecule has 17 heavy (non-hydrogen) atoms. The highest BCUT2D eigenvalue weighted by Gasteiger charge is 2.00. The molecular formula is C14H19NO2. The zero-order valence-electron chi connectivity index (χ0n) is 9.98. The van der Waals surface area contributed by atoms with Crippen LogP contribution in [0.5, 0.6) is 0 Å². The first kappa shape index (κ1) is 13.7. The molecule has 3 heteroatoms. The van der Waals surface area contributed by atoms with Crippen molar-refractivity contribution in [2.75, 3.05) is 19.7 Å². The molecule has 0 aliphatic carbocycles. The van der Waals surface area contributed by atoms with Gasteiger partial charge in [-0.1, -0.05) is 30.3 Å². The lowest BCUT2D eigenvalue weighted by Gasteiger charge is -2.04.